The highest BCUT2D eigenvalue weighted by Crippen LogP contribution is 2.19. The van der Waals surface area contributed by atoms with Crippen molar-refractivity contribution in [3.63, 3.8) is 0 Å². The SMILES string of the molecule is CCN(CC)Cc1ccccc1CNC(=O)c1cccc(NC(=O)c2ccccc2NC(=O)CC(=O)NO)c1. The first kappa shape index (κ1) is 29.0. The lowest BCUT2D eigenvalue weighted by atomic mass is 10.1. The molecule has 0 spiro atoms. The zero-order chi connectivity index (χ0) is 28.2. The average molecular weight is 532 g/mol. The summed E-state index contributed by atoms with van der Waals surface area (Å²) in [6, 6.07) is 20.9. The molecule has 0 saturated carbocycles. The number of hydrogen-bond donors (Lipinski definition) is 5. The summed E-state index contributed by atoms with van der Waals surface area (Å²) in [5, 5.41) is 16.8. The van der Waals surface area contributed by atoms with Crippen LogP contribution in [0.4, 0.5) is 11.4 Å². The number of hydrogen-bond acceptors (Lipinski definition) is 6. The zero-order valence-electron chi connectivity index (χ0n) is 22.0. The quantitative estimate of drug-likeness (QED) is 0.138. The van der Waals surface area contributed by atoms with Gasteiger partial charge in [-0.25, -0.2) is 5.48 Å². The van der Waals surface area contributed by atoms with Crippen molar-refractivity contribution in [3.8, 4) is 0 Å². The maximum absolute atomic E-state index is 13.0. The van der Waals surface area contributed by atoms with Crippen molar-refractivity contribution in [2.24, 2.45) is 0 Å². The fourth-order valence-corrected chi connectivity index (χ4v) is 3.96. The first-order chi connectivity index (χ1) is 18.8. The molecule has 10 nitrogen and oxygen atoms in total. The number of carbonyl (C=O) groups excluding carboxylic acids is 4. The Morgan fingerprint density at radius 3 is 2.18 bits per heavy atom. The van der Waals surface area contributed by atoms with Gasteiger partial charge in [0.2, 0.25) is 5.91 Å². The van der Waals surface area contributed by atoms with Crippen LogP contribution in [-0.2, 0) is 22.7 Å². The summed E-state index contributed by atoms with van der Waals surface area (Å²) in [6.45, 7) is 7.28. The molecule has 10 heteroatoms. The summed E-state index contributed by atoms with van der Waals surface area (Å²) in [6.07, 6.45) is -0.608. The van der Waals surface area contributed by atoms with E-state index in [1.165, 1.54) is 17.6 Å². The zero-order valence-corrected chi connectivity index (χ0v) is 22.0. The van der Waals surface area contributed by atoms with Gasteiger partial charge in [-0.05, 0) is 54.5 Å². The van der Waals surface area contributed by atoms with Crippen LogP contribution in [0.1, 0.15) is 52.1 Å². The fraction of sp³-hybridized carbons (Fsp3) is 0.241. The molecule has 0 bridgehead atoms. The summed E-state index contributed by atoms with van der Waals surface area (Å²) < 4.78 is 0. The van der Waals surface area contributed by atoms with Gasteiger partial charge in [-0.1, -0.05) is 56.3 Å². The Bertz CT molecular complexity index is 1320. The number of nitrogens with zero attached hydrogens (tertiary/aromatic N) is 1. The summed E-state index contributed by atoms with van der Waals surface area (Å²) in [7, 11) is 0. The number of nitrogens with one attached hydrogen (secondary N) is 4. The molecule has 0 aromatic heterocycles. The molecule has 0 aliphatic rings. The minimum absolute atomic E-state index is 0.162. The molecule has 0 unspecified atom stereocenters. The number of amides is 4. The van der Waals surface area contributed by atoms with Crippen LogP contribution < -0.4 is 21.4 Å². The number of anilines is 2. The Morgan fingerprint density at radius 2 is 1.46 bits per heavy atom. The Balaban J connectivity index is 1.66. The van der Waals surface area contributed by atoms with E-state index in [-0.39, 0.29) is 17.2 Å². The predicted molar refractivity (Wildman–Crippen MR) is 148 cm³/mol. The number of hydroxylamine groups is 1. The van der Waals surface area contributed by atoms with E-state index in [4.69, 9.17) is 5.21 Å². The molecule has 0 aliphatic heterocycles. The second-order valence-corrected chi connectivity index (χ2v) is 8.75. The molecule has 0 heterocycles. The highest BCUT2D eigenvalue weighted by atomic mass is 16.5. The van der Waals surface area contributed by atoms with Crippen LogP contribution in [0.25, 0.3) is 0 Å². The lowest BCUT2D eigenvalue weighted by Gasteiger charge is -2.20. The number of carbonyl (C=O) groups is 4. The fourth-order valence-electron chi connectivity index (χ4n) is 3.96. The van der Waals surface area contributed by atoms with Gasteiger partial charge in [0.05, 0.1) is 11.3 Å². The minimum Gasteiger partial charge on any atom is -0.348 e. The Hall–Kier alpha value is -4.54. The van der Waals surface area contributed by atoms with Crippen LogP contribution in [0.5, 0.6) is 0 Å². The summed E-state index contributed by atoms with van der Waals surface area (Å²) in [5.74, 6) is -2.37. The van der Waals surface area contributed by atoms with Crippen LogP contribution in [0, 0.1) is 0 Å². The molecule has 3 rings (SSSR count). The van der Waals surface area contributed by atoms with Crippen LogP contribution in [0.15, 0.2) is 72.8 Å². The van der Waals surface area contributed by atoms with Crippen LogP contribution in [-0.4, -0.2) is 46.8 Å². The molecule has 39 heavy (non-hydrogen) atoms. The normalized spacial score (nSPS) is 10.6. The van der Waals surface area contributed by atoms with E-state index in [0.717, 1.165) is 30.8 Å². The van der Waals surface area contributed by atoms with Gasteiger partial charge in [0.25, 0.3) is 17.7 Å². The smallest absolute Gasteiger partial charge is 0.257 e. The van der Waals surface area contributed by atoms with Gasteiger partial charge < -0.3 is 16.0 Å². The van der Waals surface area contributed by atoms with E-state index in [9.17, 15) is 19.2 Å². The van der Waals surface area contributed by atoms with Gasteiger partial charge in [-0.2, -0.15) is 0 Å². The van der Waals surface area contributed by atoms with E-state index >= 15 is 0 Å². The van der Waals surface area contributed by atoms with Gasteiger partial charge in [0.1, 0.15) is 6.42 Å². The van der Waals surface area contributed by atoms with Gasteiger partial charge in [-0.15, -0.1) is 0 Å². The number of benzene rings is 3. The molecule has 204 valence electrons. The second kappa shape index (κ2) is 14.4. The van der Waals surface area contributed by atoms with Gasteiger partial charge in [0.15, 0.2) is 0 Å². The molecule has 0 atom stereocenters. The van der Waals surface area contributed by atoms with E-state index in [2.05, 4.69) is 40.8 Å². The third-order valence-corrected chi connectivity index (χ3v) is 6.12. The van der Waals surface area contributed by atoms with Crippen molar-refractivity contribution in [2.75, 3.05) is 23.7 Å². The lowest BCUT2D eigenvalue weighted by molar-refractivity contribution is -0.132. The van der Waals surface area contributed by atoms with Crippen molar-refractivity contribution in [1.29, 1.82) is 0 Å². The molecule has 0 saturated heterocycles. The molecule has 3 aromatic rings. The van der Waals surface area contributed by atoms with Crippen molar-refractivity contribution >= 4 is 35.0 Å². The van der Waals surface area contributed by atoms with Crippen LogP contribution >= 0.6 is 0 Å². The molecular formula is C29H33N5O5. The Labute approximate surface area is 227 Å². The maximum atomic E-state index is 13.0. The van der Waals surface area contributed by atoms with Crippen LogP contribution in [0.2, 0.25) is 0 Å². The standard InChI is InChI=1S/C29H33N5O5/c1-3-34(4-2)19-22-11-6-5-10-21(22)18-30-28(37)20-12-9-13-23(16-20)31-29(38)24-14-7-8-15-25(24)32-26(35)17-27(36)33-39/h5-16,39H,3-4,17-19H2,1-2H3,(H,30,37)(H,31,38)(H,32,35)(H,33,36). The highest BCUT2D eigenvalue weighted by Gasteiger charge is 2.16. The Kier molecular flexibility index (Phi) is 10.7. The van der Waals surface area contributed by atoms with Crippen molar-refractivity contribution in [1.82, 2.24) is 15.7 Å². The van der Waals surface area contributed by atoms with Crippen LogP contribution in [0.3, 0.4) is 0 Å². The first-order valence-corrected chi connectivity index (χ1v) is 12.6. The maximum Gasteiger partial charge on any atom is 0.257 e. The van der Waals surface area contributed by atoms with Gasteiger partial charge >= 0.3 is 0 Å². The van der Waals surface area contributed by atoms with Gasteiger partial charge in [0, 0.05) is 24.3 Å². The van der Waals surface area contributed by atoms with E-state index < -0.39 is 24.1 Å². The first-order valence-electron chi connectivity index (χ1n) is 12.6. The summed E-state index contributed by atoms with van der Waals surface area (Å²) in [4.78, 5) is 51.5. The predicted octanol–water partition coefficient (Wildman–Crippen LogP) is 3.54. The summed E-state index contributed by atoms with van der Waals surface area (Å²) >= 11 is 0. The third kappa shape index (κ3) is 8.49. The second-order valence-electron chi connectivity index (χ2n) is 8.75. The lowest BCUT2D eigenvalue weighted by Crippen LogP contribution is -2.26. The molecule has 3 aromatic carbocycles. The molecule has 0 fully saturated rings. The van der Waals surface area contributed by atoms with E-state index in [0.29, 0.717) is 17.8 Å². The van der Waals surface area contributed by atoms with Crippen molar-refractivity contribution in [3.05, 3.63) is 95.1 Å². The average Bonchev–Trinajstić information content (AvgIpc) is 2.95. The summed E-state index contributed by atoms with van der Waals surface area (Å²) in [5.41, 5.74) is 4.72. The van der Waals surface area contributed by atoms with Crippen molar-refractivity contribution in [2.45, 2.75) is 33.4 Å². The Morgan fingerprint density at radius 1 is 0.769 bits per heavy atom. The van der Waals surface area contributed by atoms with E-state index in [1.54, 1.807) is 36.4 Å². The molecule has 0 radical (unpaired) electrons. The minimum atomic E-state index is -0.878. The topological polar surface area (TPSA) is 140 Å². The molecule has 4 amide bonds. The molecule has 5 N–H and O–H groups in total. The number of para-hydroxylation sites is 1. The molecular weight excluding hydrogens is 498 g/mol. The van der Waals surface area contributed by atoms with Gasteiger partial charge in [-0.3, -0.25) is 29.3 Å². The highest BCUT2D eigenvalue weighted by molar-refractivity contribution is 6.12. The third-order valence-electron chi connectivity index (χ3n) is 6.12. The van der Waals surface area contributed by atoms with Crippen molar-refractivity contribution < 1.29 is 24.4 Å². The van der Waals surface area contributed by atoms with E-state index in [1.807, 2.05) is 18.2 Å². The monoisotopic (exact) mass is 531 g/mol. The number of rotatable bonds is 12. The largest absolute Gasteiger partial charge is 0.348 e. The molecule has 0 aliphatic carbocycles.